The Morgan fingerprint density at radius 2 is 1.85 bits per heavy atom. The molecule has 1 heterocycles. The maximum atomic E-state index is 12.3. The fourth-order valence-corrected chi connectivity index (χ4v) is 4.02. The van der Waals surface area contributed by atoms with Gasteiger partial charge in [-0.05, 0) is 42.5 Å². The molecule has 0 saturated carbocycles. The van der Waals surface area contributed by atoms with Gasteiger partial charge in [0.25, 0.3) is 0 Å². The molecule has 3 aromatic rings. The number of nitrogens with zero attached hydrogens (tertiary/aromatic N) is 1. The van der Waals surface area contributed by atoms with Crippen LogP contribution in [0.15, 0.2) is 52.7 Å². The summed E-state index contributed by atoms with van der Waals surface area (Å²) in [6.45, 7) is 0.0447. The predicted molar refractivity (Wildman–Crippen MR) is 97.9 cm³/mol. The Labute approximate surface area is 154 Å². The monoisotopic (exact) mass is 392 g/mol. The van der Waals surface area contributed by atoms with Crippen LogP contribution in [0.25, 0.3) is 11.3 Å². The van der Waals surface area contributed by atoms with Crippen LogP contribution in [0.3, 0.4) is 0 Å². The van der Waals surface area contributed by atoms with Crippen molar-refractivity contribution in [1.82, 2.24) is 9.71 Å². The Balaban J connectivity index is 1.71. The molecule has 0 aliphatic heterocycles. The summed E-state index contributed by atoms with van der Waals surface area (Å²) in [7, 11) is -2.15. The first kappa shape index (κ1) is 18.2. The van der Waals surface area contributed by atoms with Crippen molar-refractivity contribution in [2.75, 3.05) is 7.11 Å². The van der Waals surface area contributed by atoms with Crippen molar-refractivity contribution < 1.29 is 23.4 Å². The van der Waals surface area contributed by atoms with Crippen molar-refractivity contribution in [3.8, 4) is 28.5 Å². The lowest BCUT2D eigenvalue weighted by Gasteiger charge is -2.06. The molecule has 2 aromatic carbocycles. The molecule has 7 nitrogen and oxygen atoms in total. The molecular formula is C17H16N2O5S2. The molecule has 0 fully saturated rings. The van der Waals surface area contributed by atoms with Crippen LogP contribution < -0.4 is 9.46 Å². The Morgan fingerprint density at radius 1 is 1.12 bits per heavy atom. The van der Waals surface area contributed by atoms with E-state index in [1.165, 1.54) is 42.7 Å². The number of thiazole rings is 1. The molecule has 0 amide bonds. The number of nitrogens with one attached hydrogen (secondary N) is 1. The summed E-state index contributed by atoms with van der Waals surface area (Å²) in [6.07, 6.45) is 0. The lowest BCUT2D eigenvalue weighted by Crippen LogP contribution is -2.23. The van der Waals surface area contributed by atoms with Gasteiger partial charge in [-0.1, -0.05) is 0 Å². The van der Waals surface area contributed by atoms with E-state index >= 15 is 0 Å². The highest BCUT2D eigenvalue weighted by molar-refractivity contribution is 7.89. The Hall–Kier alpha value is -2.62. The first-order valence-corrected chi connectivity index (χ1v) is 9.86. The fraction of sp³-hybridized carbons (Fsp3) is 0.118. The van der Waals surface area contributed by atoms with Gasteiger partial charge in [-0.2, -0.15) is 0 Å². The highest BCUT2D eigenvalue weighted by Gasteiger charge is 2.15. The van der Waals surface area contributed by atoms with Gasteiger partial charge < -0.3 is 14.9 Å². The predicted octanol–water partition coefficient (Wildman–Crippen LogP) is 2.71. The van der Waals surface area contributed by atoms with E-state index in [2.05, 4.69) is 9.71 Å². The lowest BCUT2D eigenvalue weighted by molar-refractivity contribution is 0.404. The van der Waals surface area contributed by atoms with E-state index in [9.17, 15) is 18.6 Å². The molecule has 0 aliphatic rings. The molecule has 0 atom stereocenters. The standard InChI is InChI=1S/C17H16N2O5S2/c1-24-12-3-5-13(6-4-12)26(22,23)18-9-17-19-14(10-25-17)11-2-7-15(20)16(21)8-11/h2-8,10,18,20-21H,9H2,1H3. The van der Waals surface area contributed by atoms with E-state index in [4.69, 9.17) is 4.74 Å². The summed E-state index contributed by atoms with van der Waals surface area (Å²) >= 11 is 1.29. The zero-order chi connectivity index (χ0) is 18.7. The number of sulfonamides is 1. The molecule has 0 saturated heterocycles. The minimum absolute atomic E-state index is 0.0447. The van der Waals surface area contributed by atoms with Gasteiger partial charge in [-0.25, -0.2) is 18.1 Å². The Kier molecular flexibility index (Phi) is 5.12. The maximum Gasteiger partial charge on any atom is 0.240 e. The van der Waals surface area contributed by atoms with Crippen molar-refractivity contribution >= 4 is 21.4 Å². The smallest absolute Gasteiger partial charge is 0.240 e. The number of phenolic OH excluding ortho intramolecular Hbond substituents is 2. The summed E-state index contributed by atoms with van der Waals surface area (Å²) in [5.74, 6) is 0.124. The molecule has 1 aromatic heterocycles. The average molecular weight is 392 g/mol. The quantitative estimate of drug-likeness (QED) is 0.557. The number of aromatic hydroxyl groups is 2. The molecule has 26 heavy (non-hydrogen) atoms. The van der Waals surface area contributed by atoms with Crippen LogP contribution >= 0.6 is 11.3 Å². The molecule has 3 rings (SSSR count). The van der Waals surface area contributed by atoms with Gasteiger partial charge in [-0.3, -0.25) is 0 Å². The fourth-order valence-electron chi connectivity index (χ4n) is 2.20. The SMILES string of the molecule is COc1ccc(S(=O)(=O)NCc2nc(-c3ccc(O)c(O)c3)cs2)cc1. The van der Waals surface area contributed by atoms with Gasteiger partial charge in [0, 0.05) is 10.9 Å². The van der Waals surface area contributed by atoms with Gasteiger partial charge in [0.2, 0.25) is 10.0 Å². The summed E-state index contributed by atoms with van der Waals surface area (Å²) < 4.78 is 32.2. The molecule has 0 spiro atoms. The van der Waals surface area contributed by atoms with Gasteiger partial charge >= 0.3 is 0 Å². The third-order valence-corrected chi connectivity index (χ3v) is 5.87. The number of hydrogen-bond donors (Lipinski definition) is 3. The van der Waals surface area contributed by atoms with Gasteiger partial charge in [0.15, 0.2) is 11.5 Å². The van der Waals surface area contributed by atoms with Gasteiger partial charge in [0.05, 0.1) is 24.2 Å². The van der Waals surface area contributed by atoms with Crippen LogP contribution in [-0.2, 0) is 16.6 Å². The Morgan fingerprint density at radius 3 is 2.50 bits per heavy atom. The van der Waals surface area contributed by atoms with Crippen LogP contribution in [0.1, 0.15) is 5.01 Å². The number of benzene rings is 2. The largest absolute Gasteiger partial charge is 0.504 e. The number of hydrogen-bond acceptors (Lipinski definition) is 7. The first-order valence-electron chi connectivity index (χ1n) is 7.49. The molecular weight excluding hydrogens is 376 g/mol. The van der Waals surface area contributed by atoms with E-state index in [0.29, 0.717) is 22.0 Å². The van der Waals surface area contributed by atoms with Crippen molar-refractivity contribution in [1.29, 1.82) is 0 Å². The molecule has 3 N–H and O–H groups in total. The van der Waals surface area contributed by atoms with E-state index in [0.717, 1.165) is 0 Å². The zero-order valence-electron chi connectivity index (χ0n) is 13.7. The second-order valence-electron chi connectivity index (χ2n) is 5.33. The summed E-state index contributed by atoms with van der Waals surface area (Å²) in [5.41, 5.74) is 1.21. The summed E-state index contributed by atoms with van der Waals surface area (Å²) in [4.78, 5) is 4.49. The minimum Gasteiger partial charge on any atom is -0.504 e. The van der Waals surface area contributed by atoms with Crippen molar-refractivity contribution in [2.24, 2.45) is 0 Å². The van der Waals surface area contributed by atoms with Gasteiger partial charge in [0.1, 0.15) is 10.8 Å². The second kappa shape index (κ2) is 7.32. The number of phenols is 2. The van der Waals surface area contributed by atoms with Crippen LogP contribution in [0.2, 0.25) is 0 Å². The van der Waals surface area contributed by atoms with E-state index < -0.39 is 10.0 Å². The van der Waals surface area contributed by atoms with Gasteiger partial charge in [-0.15, -0.1) is 11.3 Å². The highest BCUT2D eigenvalue weighted by Crippen LogP contribution is 2.31. The molecule has 136 valence electrons. The summed E-state index contributed by atoms with van der Waals surface area (Å²) in [5, 5.41) is 21.3. The summed E-state index contributed by atoms with van der Waals surface area (Å²) in [6, 6.07) is 10.5. The third-order valence-electron chi connectivity index (χ3n) is 3.61. The highest BCUT2D eigenvalue weighted by atomic mass is 32.2. The van der Waals surface area contributed by atoms with Crippen LogP contribution in [0, 0.1) is 0 Å². The van der Waals surface area contributed by atoms with Crippen molar-refractivity contribution in [2.45, 2.75) is 11.4 Å². The topological polar surface area (TPSA) is 109 Å². The Bertz CT molecular complexity index is 1010. The first-order chi connectivity index (χ1) is 12.4. The van der Waals surface area contributed by atoms with Crippen LogP contribution in [-0.4, -0.2) is 30.7 Å². The third kappa shape index (κ3) is 3.96. The molecule has 0 unspecified atom stereocenters. The average Bonchev–Trinajstić information content (AvgIpc) is 3.11. The van der Waals surface area contributed by atoms with Crippen molar-refractivity contribution in [3.63, 3.8) is 0 Å². The second-order valence-corrected chi connectivity index (χ2v) is 8.04. The zero-order valence-corrected chi connectivity index (χ0v) is 15.3. The molecule has 9 heteroatoms. The number of methoxy groups -OCH3 is 1. The van der Waals surface area contributed by atoms with E-state index in [1.54, 1.807) is 23.6 Å². The minimum atomic E-state index is -3.66. The van der Waals surface area contributed by atoms with E-state index in [-0.39, 0.29) is 22.9 Å². The van der Waals surface area contributed by atoms with Crippen LogP contribution in [0.5, 0.6) is 17.2 Å². The van der Waals surface area contributed by atoms with Crippen molar-refractivity contribution in [3.05, 3.63) is 52.9 Å². The molecule has 0 bridgehead atoms. The van der Waals surface area contributed by atoms with E-state index in [1.807, 2.05) is 0 Å². The number of rotatable bonds is 6. The number of ether oxygens (including phenoxy) is 1. The molecule has 0 radical (unpaired) electrons. The molecule has 0 aliphatic carbocycles. The normalized spacial score (nSPS) is 11.4. The van der Waals surface area contributed by atoms with Crippen LogP contribution in [0.4, 0.5) is 0 Å². The number of aromatic nitrogens is 1. The lowest BCUT2D eigenvalue weighted by atomic mass is 10.1. The maximum absolute atomic E-state index is 12.3.